The lowest BCUT2D eigenvalue weighted by atomic mass is 10.1. The third kappa shape index (κ3) is 4.14. The number of halogens is 1. The average Bonchev–Trinajstić information content (AvgIpc) is 2.85. The van der Waals surface area contributed by atoms with Crippen LogP contribution in [0.2, 0.25) is 0 Å². The first-order valence-electron chi connectivity index (χ1n) is 7.30. The Kier molecular flexibility index (Phi) is 5.72. The quantitative estimate of drug-likeness (QED) is 0.570. The van der Waals surface area contributed by atoms with E-state index in [1.165, 1.54) is 5.69 Å². The van der Waals surface area contributed by atoms with Crippen molar-refractivity contribution in [3.05, 3.63) is 30.3 Å². The van der Waals surface area contributed by atoms with Crippen LogP contribution >= 0.6 is 11.6 Å². The Hall–Kier alpha value is -1.22. The SMILES string of the molecule is CN(CCCCN1CC(CCl)CC1=O)c1ccccc1. The highest BCUT2D eigenvalue weighted by Gasteiger charge is 2.28. The van der Waals surface area contributed by atoms with Crippen molar-refractivity contribution in [3.8, 4) is 0 Å². The van der Waals surface area contributed by atoms with Crippen LogP contribution in [0, 0.1) is 5.92 Å². The van der Waals surface area contributed by atoms with Crippen molar-refractivity contribution in [1.82, 2.24) is 4.90 Å². The number of carbonyl (C=O) groups excluding carboxylic acids is 1. The predicted octanol–water partition coefficient (Wildman–Crippen LogP) is 2.99. The van der Waals surface area contributed by atoms with Crippen LogP contribution in [0.3, 0.4) is 0 Å². The Morgan fingerprint density at radius 2 is 2.05 bits per heavy atom. The Labute approximate surface area is 126 Å². The zero-order chi connectivity index (χ0) is 14.4. The fourth-order valence-electron chi connectivity index (χ4n) is 2.64. The molecular formula is C16H23ClN2O. The number of rotatable bonds is 7. The van der Waals surface area contributed by atoms with Crippen LogP contribution in [0.1, 0.15) is 19.3 Å². The molecule has 0 spiro atoms. The average molecular weight is 295 g/mol. The molecule has 1 unspecified atom stereocenters. The molecule has 0 aliphatic carbocycles. The number of hydrogen-bond donors (Lipinski definition) is 0. The maximum absolute atomic E-state index is 11.8. The summed E-state index contributed by atoms with van der Waals surface area (Å²) in [5.74, 6) is 1.22. The van der Waals surface area contributed by atoms with Crippen molar-refractivity contribution in [1.29, 1.82) is 0 Å². The molecule has 1 heterocycles. The number of alkyl halides is 1. The van der Waals surface area contributed by atoms with E-state index < -0.39 is 0 Å². The topological polar surface area (TPSA) is 23.6 Å². The van der Waals surface area contributed by atoms with Crippen LogP contribution in [0.5, 0.6) is 0 Å². The largest absolute Gasteiger partial charge is 0.375 e. The molecule has 1 amide bonds. The normalized spacial score (nSPS) is 18.6. The lowest BCUT2D eigenvalue weighted by Crippen LogP contribution is -2.27. The molecular weight excluding hydrogens is 272 g/mol. The molecule has 0 aromatic heterocycles. The fourth-order valence-corrected chi connectivity index (χ4v) is 2.84. The summed E-state index contributed by atoms with van der Waals surface area (Å²) in [6, 6.07) is 10.4. The molecule has 1 saturated heterocycles. The standard InChI is InChI=1S/C16H23ClN2O/c1-18(15-7-3-2-4-8-15)9-5-6-10-19-13-14(12-17)11-16(19)20/h2-4,7-8,14H,5-6,9-13H2,1H3. The Balaban J connectivity index is 1.66. The van der Waals surface area contributed by atoms with E-state index in [-0.39, 0.29) is 5.91 Å². The maximum Gasteiger partial charge on any atom is 0.222 e. The minimum Gasteiger partial charge on any atom is -0.375 e. The minimum absolute atomic E-state index is 0.270. The van der Waals surface area contributed by atoms with Crippen LogP contribution < -0.4 is 4.90 Å². The predicted molar refractivity (Wildman–Crippen MR) is 84.4 cm³/mol. The number of hydrogen-bond acceptors (Lipinski definition) is 2. The number of anilines is 1. The number of carbonyl (C=O) groups is 1. The van der Waals surface area contributed by atoms with Gasteiger partial charge in [0.25, 0.3) is 0 Å². The molecule has 0 radical (unpaired) electrons. The Morgan fingerprint density at radius 1 is 1.30 bits per heavy atom. The van der Waals surface area contributed by atoms with Gasteiger partial charge in [-0.25, -0.2) is 0 Å². The highest BCUT2D eigenvalue weighted by molar-refractivity contribution is 6.18. The van der Waals surface area contributed by atoms with Gasteiger partial charge in [0.05, 0.1) is 0 Å². The summed E-state index contributed by atoms with van der Waals surface area (Å²) in [7, 11) is 2.11. The van der Waals surface area contributed by atoms with Crippen molar-refractivity contribution in [2.75, 3.05) is 37.5 Å². The molecule has 110 valence electrons. The van der Waals surface area contributed by atoms with Gasteiger partial charge in [-0.15, -0.1) is 11.6 Å². The van der Waals surface area contributed by atoms with Gasteiger partial charge in [0.1, 0.15) is 0 Å². The van der Waals surface area contributed by atoms with Crippen LogP contribution in [-0.4, -0.2) is 43.4 Å². The molecule has 1 aromatic carbocycles. The molecule has 1 fully saturated rings. The molecule has 1 aliphatic heterocycles. The smallest absolute Gasteiger partial charge is 0.222 e. The molecule has 0 saturated carbocycles. The maximum atomic E-state index is 11.8. The Bertz CT molecular complexity index is 424. The van der Waals surface area contributed by atoms with E-state index in [1.807, 2.05) is 11.0 Å². The van der Waals surface area contributed by atoms with Gasteiger partial charge in [0, 0.05) is 44.7 Å². The fraction of sp³-hybridized carbons (Fsp3) is 0.562. The molecule has 0 bridgehead atoms. The van der Waals surface area contributed by atoms with E-state index >= 15 is 0 Å². The zero-order valence-electron chi connectivity index (χ0n) is 12.1. The molecule has 1 aliphatic rings. The Morgan fingerprint density at radius 3 is 2.70 bits per heavy atom. The second kappa shape index (κ2) is 7.53. The monoisotopic (exact) mass is 294 g/mol. The molecule has 20 heavy (non-hydrogen) atoms. The molecule has 1 atom stereocenters. The number of nitrogens with zero attached hydrogens (tertiary/aromatic N) is 2. The van der Waals surface area contributed by atoms with E-state index in [9.17, 15) is 4.79 Å². The van der Waals surface area contributed by atoms with Crippen molar-refractivity contribution < 1.29 is 4.79 Å². The van der Waals surface area contributed by atoms with Gasteiger partial charge in [-0.2, -0.15) is 0 Å². The molecule has 3 nitrogen and oxygen atoms in total. The molecule has 1 aromatic rings. The summed E-state index contributed by atoms with van der Waals surface area (Å²) < 4.78 is 0. The number of unbranched alkanes of at least 4 members (excludes halogenated alkanes) is 1. The van der Waals surface area contributed by atoms with E-state index in [0.29, 0.717) is 18.2 Å². The van der Waals surface area contributed by atoms with Crippen LogP contribution in [0.4, 0.5) is 5.69 Å². The first kappa shape index (κ1) is 15.2. The van der Waals surface area contributed by atoms with Gasteiger partial charge in [0.15, 0.2) is 0 Å². The van der Waals surface area contributed by atoms with E-state index in [0.717, 1.165) is 32.5 Å². The van der Waals surface area contributed by atoms with Crippen LogP contribution in [0.25, 0.3) is 0 Å². The van der Waals surface area contributed by atoms with Crippen LogP contribution in [0.15, 0.2) is 30.3 Å². The van der Waals surface area contributed by atoms with Gasteiger partial charge in [-0.3, -0.25) is 4.79 Å². The third-order valence-electron chi connectivity index (χ3n) is 3.88. The second-order valence-corrected chi connectivity index (χ2v) is 5.84. The lowest BCUT2D eigenvalue weighted by molar-refractivity contribution is -0.127. The highest BCUT2D eigenvalue weighted by Crippen LogP contribution is 2.19. The summed E-state index contributed by atoms with van der Waals surface area (Å²) in [5, 5.41) is 0. The van der Waals surface area contributed by atoms with Gasteiger partial charge in [-0.05, 0) is 30.9 Å². The van der Waals surface area contributed by atoms with Gasteiger partial charge in [-0.1, -0.05) is 18.2 Å². The number of likely N-dealkylation sites (tertiary alicyclic amines) is 1. The van der Waals surface area contributed by atoms with Crippen LogP contribution in [-0.2, 0) is 4.79 Å². The van der Waals surface area contributed by atoms with Gasteiger partial charge in [0.2, 0.25) is 5.91 Å². The van der Waals surface area contributed by atoms with Crippen molar-refractivity contribution >= 4 is 23.2 Å². The molecule has 0 N–H and O–H groups in total. The van der Waals surface area contributed by atoms with Crippen molar-refractivity contribution in [3.63, 3.8) is 0 Å². The molecule has 4 heteroatoms. The first-order valence-corrected chi connectivity index (χ1v) is 7.84. The highest BCUT2D eigenvalue weighted by atomic mass is 35.5. The van der Waals surface area contributed by atoms with Gasteiger partial charge >= 0.3 is 0 Å². The minimum atomic E-state index is 0.270. The number of amides is 1. The van der Waals surface area contributed by atoms with E-state index in [1.54, 1.807) is 0 Å². The van der Waals surface area contributed by atoms with Gasteiger partial charge < -0.3 is 9.80 Å². The summed E-state index contributed by atoms with van der Waals surface area (Å²) in [6.07, 6.45) is 2.78. The number of para-hydroxylation sites is 1. The summed E-state index contributed by atoms with van der Waals surface area (Å²) in [5.41, 5.74) is 1.24. The summed E-state index contributed by atoms with van der Waals surface area (Å²) in [4.78, 5) is 16.0. The van der Waals surface area contributed by atoms with Crippen molar-refractivity contribution in [2.24, 2.45) is 5.92 Å². The zero-order valence-corrected chi connectivity index (χ0v) is 12.9. The molecule has 2 rings (SSSR count). The first-order chi connectivity index (χ1) is 9.70. The van der Waals surface area contributed by atoms with Crippen molar-refractivity contribution in [2.45, 2.75) is 19.3 Å². The number of benzene rings is 1. The second-order valence-electron chi connectivity index (χ2n) is 5.53. The van der Waals surface area contributed by atoms with E-state index in [4.69, 9.17) is 11.6 Å². The summed E-state index contributed by atoms with van der Waals surface area (Å²) in [6.45, 7) is 2.73. The summed E-state index contributed by atoms with van der Waals surface area (Å²) >= 11 is 5.82. The third-order valence-corrected chi connectivity index (χ3v) is 4.32. The van der Waals surface area contributed by atoms with E-state index in [2.05, 4.69) is 36.2 Å². The lowest BCUT2D eigenvalue weighted by Gasteiger charge is -2.20.